The first-order valence-corrected chi connectivity index (χ1v) is 9.72. The van der Waals surface area contributed by atoms with Crippen LogP contribution in [0.3, 0.4) is 0 Å². The lowest BCUT2D eigenvalue weighted by Crippen LogP contribution is -2.36. The minimum Gasteiger partial charge on any atom is -0.350 e. The van der Waals surface area contributed by atoms with Gasteiger partial charge < -0.3 is 5.32 Å². The molecular formula is C17H26N2O3S. The van der Waals surface area contributed by atoms with Crippen molar-refractivity contribution in [2.45, 2.75) is 57.4 Å². The highest BCUT2D eigenvalue weighted by molar-refractivity contribution is 7.89. The van der Waals surface area contributed by atoms with E-state index in [0.717, 1.165) is 25.7 Å². The molecule has 0 radical (unpaired) electrons. The first kappa shape index (κ1) is 17.9. The van der Waals surface area contributed by atoms with E-state index in [1.165, 1.54) is 10.4 Å². The average Bonchev–Trinajstić information content (AvgIpc) is 2.55. The van der Waals surface area contributed by atoms with Crippen LogP contribution in [0.5, 0.6) is 0 Å². The number of carbonyl (C=O) groups excluding carboxylic acids is 1. The number of rotatable bonds is 5. The van der Waals surface area contributed by atoms with Gasteiger partial charge in [0.2, 0.25) is 10.0 Å². The molecule has 1 atom stereocenters. The summed E-state index contributed by atoms with van der Waals surface area (Å²) in [5.41, 5.74) is 1.07. The smallest absolute Gasteiger partial charge is 0.251 e. The summed E-state index contributed by atoms with van der Waals surface area (Å²) in [5, 5.41) is 2.88. The Morgan fingerprint density at radius 3 is 2.52 bits per heavy atom. The zero-order valence-electron chi connectivity index (χ0n) is 14.1. The van der Waals surface area contributed by atoms with E-state index >= 15 is 0 Å². The van der Waals surface area contributed by atoms with Crippen molar-refractivity contribution in [1.29, 1.82) is 0 Å². The second kappa shape index (κ2) is 7.45. The molecule has 128 valence electrons. The van der Waals surface area contributed by atoms with Crippen LogP contribution < -0.4 is 5.32 Å². The van der Waals surface area contributed by atoms with E-state index in [-0.39, 0.29) is 16.8 Å². The molecule has 0 aromatic heterocycles. The molecule has 1 aliphatic rings. The number of nitrogens with one attached hydrogen (secondary N) is 1. The van der Waals surface area contributed by atoms with E-state index < -0.39 is 10.0 Å². The minimum atomic E-state index is -3.53. The first-order valence-electron chi connectivity index (χ1n) is 8.28. The normalized spacial score (nSPS) is 17.7. The van der Waals surface area contributed by atoms with Gasteiger partial charge in [-0.2, -0.15) is 4.31 Å². The fourth-order valence-electron chi connectivity index (χ4n) is 2.67. The minimum absolute atomic E-state index is 0.0611. The van der Waals surface area contributed by atoms with Gasteiger partial charge in [0, 0.05) is 24.7 Å². The van der Waals surface area contributed by atoms with Gasteiger partial charge in [0.05, 0.1) is 4.90 Å². The van der Waals surface area contributed by atoms with Crippen molar-refractivity contribution in [2.24, 2.45) is 0 Å². The van der Waals surface area contributed by atoms with E-state index in [1.807, 2.05) is 13.8 Å². The molecule has 1 aromatic carbocycles. The average molecular weight is 338 g/mol. The predicted molar refractivity (Wildman–Crippen MR) is 91.0 cm³/mol. The molecule has 2 rings (SSSR count). The van der Waals surface area contributed by atoms with Crippen LogP contribution in [0.25, 0.3) is 0 Å². The van der Waals surface area contributed by atoms with Crippen LogP contribution in [0.15, 0.2) is 23.1 Å². The van der Waals surface area contributed by atoms with Crippen LogP contribution in [0.1, 0.15) is 55.5 Å². The van der Waals surface area contributed by atoms with Crippen LogP contribution in [0, 0.1) is 6.92 Å². The van der Waals surface area contributed by atoms with Crippen molar-refractivity contribution in [3.63, 3.8) is 0 Å². The lowest BCUT2D eigenvalue weighted by Gasteiger charge is -2.26. The van der Waals surface area contributed by atoms with E-state index in [0.29, 0.717) is 24.2 Å². The lowest BCUT2D eigenvalue weighted by atomic mass is 10.1. The second-order valence-electron chi connectivity index (χ2n) is 6.23. The molecule has 23 heavy (non-hydrogen) atoms. The van der Waals surface area contributed by atoms with E-state index in [9.17, 15) is 13.2 Å². The third-order valence-electron chi connectivity index (χ3n) is 4.37. The molecule has 1 saturated heterocycles. The van der Waals surface area contributed by atoms with Gasteiger partial charge in [-0.25, -0.2) is 8.42 Å². The molecular weight excluding hydrogens is 312 g/mol. The van der Waals surface area contributed by atoms with Crippen molar-refractivity contribution >= 4 is 15.9 Å². The fraction of sp³-hybridized carbons (Fsp3) is 0.588. The highest BCUT2D eigenvalue weighted by Crippen LogP contribution is 2.24. The Morgan fingerprint density at radius 1 is 1.26 bits per heavy atom. The van der Waals surface area contributed by atoms with Gasteiger partial charge in [0.1, 0.15) is 0 Å². The van der Waals surface area contributed by atoms with Gasteiger partial charge in [-0.05, 0) is 50.8 Å². The Bertz CT molecular complexity index is 664. The van der Waals surface area contributed by atoms with Gasteiger partial charge in [-0.3, -0.25) is 4.79 Å². The number of hydrogen-bond donors (Lipinski definition) is 1. The van der Waals surface area contributed by atoms with Crippen molar-refractivity contribution in [3.05, 3.63) is 29.3 Å². The quantitative estimate of drug-likeness (QED) is 0.897. The highest BCUT2D eigenvalue weighted by atomic mass is 32.2. The summed E-state index contributed by atoms with van der Waals surface area (Å²) >= 11 is 0. The summed E-state index contributed by atoms with van der Waals surface area (Å²) in [6, 6.07) is 4.97. The molecule has 1 aromatic rings. The lowest BCUT2D eigenvalue weighted by molar-refractivity contribution is 0.0939. The molecule has 1 fully saturated rings. The van der Waals surface area contributed by atoms with Crippen molar-refractivity contribution < 1.29 is 13.2 Å². The molecule has 6 heteroatoms. The van der Waals surface area contributed by atoms with Crippen LogP contribution >= 0.6 is 0 Å². The number of aryl methyl sites for hydroxylation is 1. The maximum absolute atomic E-state index is 12.9. The fourth-order valence-corrected chi connectivity index (χ4v) is 4.44. The zero-order chi connectivity index (χ0) is 17.0. The molecule has 5 nitrogen and oxygen atoms in total. The van der Waals surface area contributed by atoms with Gasteiger partial charge >= 0.3 is 0 Å². The Morgan fingerprint density at radius 2 is 1.91 bits per heavy atom. The van der Waals surface area contributed by atoms with E-state index in [2.05, 4.69) is 5.32 Å². The summed E-state index contributed by atoms with van der Waals surface area (Å²) in [5.74, 6) is -0.227. The number of hydrogen-bond acceptors (Lipinski definition) is 3. The first-order chi connectivity index (χ1) is 10.9. The van der Waals surface area contributed by atoms with Gasteiger partial charge in [-0.15, -0.1) is 0 Å². The Balaban J connectivity index is 2.31. The molecule has 0 bridgehead atoms. The summed E-state index contributed by atoms with van der Waals surface area (Å²) in [6.07, 6.45) is 3.69. The number of benzene rings is 1. The Hall–Kier alpha value is -1.40. The zero-order valence-corrected chi connectivity index (χ0v) is 14.9. The molecule has 1 N–H and O–H groups in total. The molecule has 1 aliphatic heterocycles. The maximum atomic E-state index is 12.9. The summed E-state index contributed by atoms with van der Waals surface area (Å²) in [6.45, 7) is 6.81. The third-order valence-corrected chi connectivity index (χ3v) is 6.41. The highest BCUT2D eigenvalue weighted by Gasteiger charge is 2.28. The Labute approximate surface area is 139 Å². The number of nitrogens with zero attached hydrogens (tertiary/aromatic N) is 1. The SMILES string of the molecule is CCC(C)NC(=O)c1ccc(C)c(S(=O)(=O)N2CCCCC2)c1. The van der Waals surface area contributed by atoms with Gasteiger partial charge in [0.25, 0.3) is 5.91 Å². The standard InChI is InChI=1S/C17H26N2O3S/c1-4-14(3)18-17(20)15-9-8-13(2)16(12-15)23(21,22)19-10-6-5-7-11-19/h8-9,12,14H,4-7,10-11H2,1-3H3,(H,18,20). The molecule has 1 heterocycles. The number of piperidine rings is 1. The van der Waals surface area contributed by atoms with Gasteiger partial charge in [0.15, 0.2) is 0 Å². The molecule has 1 unspecified atom stereocenters. The van der Waals surface area contributed by atoms with Crippen LogP contribution in [-0.2, 0) is 10.0 Å². The van der Waals surface area contributed by atoms with E-state index in [4.69, 9.17) is 0 Å². The van der Waals surface area contributed by atoms with Crippen molar-refractivity contribution in [3.8, 4) is 0 Å². The van der Waals surface area contributed by atoms with Crippen LogP contribution in [-0.4, -0.2) is 37.8 Å². The summed E-state index contributed by atoms with van der Waals surface area (Å²) in [7, 11) is -3.53. The number of amides is 1. The van der Waals surface area contributed by atoms with Crippen LogP contribution in [0.2, 0.25) is 0 Å². The summed E-state index contributed by atoms with van der Waals surface area (Å²) in [4.78, 5) is 12.5. The largest absolute Gasteiger partial charge is 0.350 e. The van der Waals surface area contributed by atoms with Gasteiger partial charge in [-0.1, -0.05) is 19.4 Å². The molecule has 0 spiro atoms. The molecule has 1 amide bonds. The van der Waals surface area contributed by atoms with Crippen molar-refractivity contribution in [1.82, 2.24) is 9.62 Å². The van der Waals surface area contributed by atoms with E-state index in [1.54, 1.807) is 19.1 Å². The third kappa shape index (κ3) is 4.12. The maximum Gasteiger partial charge on any atom is 0.251 e. The Kier molecular flexibility index (Phi) is 5.81. The number of carbonyl (C=O) groups is 1. The second-order valence-corrected chi connectivity index (χ2v) is 8.13. The summed E-state index contributed by atoms with van der Waals surface area (Å²) < 4.78 is 27.2. The molecule has 0 aliphatic carbocycles. The van der Waals surface area contributed by atoms with Crippen molar-refractivity contribution in [2.75, 3.05) is 13.1 Å². The number of sulfonamides is 1. The van der Waals surface area contributed by atoms with Crippen LogP contribution in [0.4, 0.5) is 0 Å². The molecule has 0 saturated carbocycles. The topological polar surface area (TPSA) is 66.5 Å². The monoisotopic (exact) mass is 338 g/mol. The predicted octanol–water partition coefficient (Wildman–Crippen LogP) is 2.70.